The van der Waals surface area contributed by atoms with Gasteiger partial charge in [0.25, 0.3) is 0 Å². The number of oxazole rings is 1. The molecule has 3 aromatic rings. The lowest BCUT2D eigenvalue weighted by molar-refractivity contribution is 0.469. The Morgan fingerprint density at radius 2 is 1.70 bits per heavy atom. The van der Waals surface area contributed by atoms with E-state index in [0.29, 0.717) is 21.9 Å². The summed E-state index contributed by atoms with van der Waals surface area (Å²) in [6.07, 6.45) is 0. The molecule has 1 heterocycles. The van der Waals surface area contributed by atoms with Gasteiger partial charge in [-0.25, -0.2) is 8.42 Å². The van der Waals surface area contributed by atoms with Crippen LogP contribution in [0.1, 0.15) is 19.4 Å². The number of hydrogen-bond donors (Lipinski definition) is 0. The highest BCUT2D eigenvalue weighted by molar-refractivity contribution is 8.00. The number of sulfone groups is 1. The number of nitrogens with zero attached hydrogens (tertiary/aromatic N) is 1. The van der Waals surface area contributed by atoms with Gasteiger partial charge < -0.3 is 4.42 Å². The fraction of sp³-hybridized carbons (Fsp3) is 0.250. The molecule has 0 unspecified atom stereocenters. The standard InChI is InChI=1S/C20H20ClNO3S2/c1-13(2)12-26-20-19(27(23,24)17-10-8-16(21)9-11-17)22-18(25-20)15-6-4-14(3)5-7-15/h4-11,13H,12H2,1-3H3. The van der Waals surface area contributed by atoms with Crippen molar-refractivity contribution in [2.45, 2.75) is 35.8 Å². The van der Waals surface area contributed by atoms with Crippen molar-refractivity contribution in [3.8, 4) is 11.5 Å². The molecule has 27 heavy (non-hydrogen) atoms. The first-order chi connectivity index (χ1) is 12.8. The molecule has 0 spiro atoms. The van der Waals surface area contributed by atoms with Crippen molar-refractivity contribution in [2.75, 3.05) is 5.75 Å². The zero-order valence-corrected chi connectivity index (χ0v) is 17.7. The second-order valence-corrected chi connectivity index (χ2v) is 9.93. The molecule has 0 saturated heterocycles. The molecule has 0 N–H and O–H groups in total. The van der Waals surface area contributed by atoms with E-state index in [4.69, 9.17) is 16.0 Å². The summed E-state index contributed by atoms with van der Waals surface area (Å²) < 4.78 is 32.1. The number of aryl methyl sites for hydroxylation is 1. The van der Waals surface area contributed by atoms with E-state index >= 15 is 0 Å². The van der Waals surface area contributed by atoms with Crippen molar-refractivity contribution in [2.24, 2.45) is 5.92 Å². The zero-order chi connectivity index (χ0) is 19.6. The maximum atomic E-state index is 13.1. The monoisotopic (exact) mass is 421 g/mol. The minimum Gasteiger partial charge on any atom is -0.428 e. The first-order valence-electron chi connectivity index (χ1n) is 8.48. The van der Waals surface area contributed by atoms with Gasteiger partial charge in [-0.1, -0.05) is 54.9 Å². The number of rotatable bonds is 6. The van der Waals surface area contributed by atoms with Gasteiger partial charge in [-0.2, -0.15) is 4.98 Å². The minimum absolute atomic E-state index is 0.0500. The van der Waals surface area contributed by atoms with Crippen molar-refractivity contribution in [1.82, 2.24) is 4.98 Å². The molecule has 0 aliphatic heterocycles. The van der Waals surface area contributed by atoms with Crippen LogP contribution in [0.4, 0.5) is 0 Å². The molecule has 0 bridgehead atoms. The molecule has 142 valence electrons. The number of aromatic nitrogens is 1. The average molecular weight is 422 g/mol. The lowest BCUT2D eigenvalue weighted by Gasteiger charge is -2.05. The minimum atomic E-state index is -3.81. The predicted molar refractivity (Wildman–Crippen MR) is 109 cm³/mol. The Labute approximate surface area is 168 Å². The van der Waals surface area contributed by atoms with Crippen molar-refractivity contribution < 1.29 is 12.8 Å². The molecule has 0 radical (unpaired) electrons. The molecular weight excluding hydrogens is 402 g/mol. The van der Waals surface area contributed by atoms with Crippen LogP contribution in [-0.4, -0.2) is 19.2 Å². The van der Waals surface area contributed by atoms with E-state index in [0.717, 1.165) is 16.9 Å². The Morgan fingerprint density at radius 1 is 1.07 bits per heavy atom. The topological polar surface area (TPSA) is 60.2 Å². The smallest absolute Gasteiger partial charge is 0.228 e. The van der Waals surface area contributed by atoms with Gasteiger partial charge in [0.05, 0.1) is 4.90 Å². The highest BCUT2D eigenvalue weighted by Gasteiger charge is 2.28. The van der Waals surface area contributed by atoms with E-state index in [1.807, 2.05) is 31.2 Å². The molecule has 4 nitrogen and oxygen atoms in total. The van der Waals surface area contributed by atoms with Crippen LogP contribution in [0.3, 0.4) is 0 Å². The Hall–Kier alpha value is -1.76. The van der Waals surface area contributed by atoms with E-state index in [2.05, 4.69) is 18.8 Å². The van der Waals surface area contributed by atoms with Gasteiger partial charge in [-0.3, -0.25) is 0 Å². The number of hydrogen-bond acceptors (Lipinski definition) is 5. The fourth-order valence-electron chi connectivity index (χ4n) is 2.34. The van der Waals surface area contributed by atoms with Crippen LogP contribution in [-0.2, 0) is 9.84 Å². The molecule has 0 fully saturated rings. The van der Waals surface area contributed by atoms with Crippen LogP contribution in [0.15, 0.2) is 68.0 Å². The van der Waals surface area contributed by atoms with Crippen LogP contribution in [0.5, 0.6) is 0 Å². The third-order valence-corrected chi connectivity index (χ3v) is 7.22. The van der Waals surface area contributed by atoms with Gasteiger partial charge in [-0.15, -0.1) is 0 Å². The number of thioether (sulfide) groups is 1. The van der Waals surface area contributed by atoms with Gasteiger partial charge in [0.2, 0.25) is 25.8 Å². The summed E-state index contributed by atoms with van der Waals surface area (Å²) >= 11 is 7.25. The summed E-state index contributed by atoms with van der Waals surface area (Å²) in [6.45, 7) is 6.12. The molecule has 0 amide bonds. The predicted octanol–water partition coefficient (Wildman–Crippen LogP) is 5.88. The van der Waals surface area contributed by atoms with E-state index in [9.17, 15) is 8.42 Å². The zero-order valence-electron chi connectivity index (χ0n) is 15.3. The number of halogens is 1. The van der Waals surface area contributed by atoms with Gasteiger partial charge in [-0.05, 0) is 49.2 Å². The second-order valence-electron chi connectivity index (χ2n) is 6.64. The van der Waals surface area contributed by atoms with Crippen molar-refractivity contribution >= 4 is 33.2 Å². The normalized spacial score (nSPS) is 11.9. The molecule has 7 heteroatoms. The van der Waals surface area contributed by atoms with E-state index in [1.165, 1.54) is 23.9 Å². The summed E-state index contributed by atoms with van der Waals surface area (Å²) in [7, 11) is -3.81. The SMILES string of the molecule is Cc1ccc(-c2nc(S(=O)(=O)c3ccc(Cl)cc3)c(SCC(C)C)o2)cc1. The van der Waals surface area contributed by atoms with Gasteiger partial charge >= 0.3 is 0 Å². The summed E-state index contributed by atoms with van der Waals surface area (Å²) in [6, 6.07) is 13.7. The van der Waals surface area contributed by atoms with Crippen LogP contribution in [0.2, 0.25) is 5.02 Å². The highest BCUT2D eigenvalue weighted by Crippen LogP contribution is 2.35. The van der Waals surface area contributed by atoms with Gasteiger partial charge in [0, 0.05) is 16.3 Å². The van der Waals surface area contributed by atoms with E-state index in [1.54, 1.807) is 12.1 Å². The summed E-state index contributed by atoms with van der Waals surface area (Å²) in [4.78, 5) is 4.49. The van der Waals surface area contributed by atoms with Crippen molar-refractivity contribution in [3.05, 3.63) is 59.1 Å². The molecule has 0 atom stereocenters. The van der Waals surface area contributed by atoms with Crippen LogP contribution >= 0.6 is 23.4 Å². The maximum Gasteiger partial charge on any atom is 0.228 e. The Kier molecular flexibility index (Phi) is 5.99. The second kappa shape index (κ2) is 8.09. The first-order valence-corrected chi connectivity index (χ1v) is 11.3. The van der Waals surface area contributed by atoms with E-state index in [-0.39, 0.29) is 9.92 Å². The lowest BCUT2D eigenvalue weighted by Crippen LogP contribution is -2.04. The maximum absolute atomic E-state index is 13.1. The highest BCUT2D eigenvalue weighted by atomic mass is 35.5. The third kappa shape index (κ3) is 4.57. The Morgan fingerprint density at radius 3 is 2.30 bits per heavy atom. The van der Waals surface area contributed by atoms with Gasteiger partial charge in [0.1, 0.15) is 0 Å². The number of benzene rings is 2. The van der Waals surface area contributed by atoms with Crippen molar-refractivity contribution in [1.29, 1.82) is 0 Å². The average Bonchev–Trinajstić information content (AvgIpc) is 3.06. The quantitative estimate of drug-likeness (QED) is 0.465. The molecule has 0 aliphatic rings. The van der Waals surface area contributed by atoms with Crippen LogP contribution in [0.25, 0.3) is 11.5 Å². The third-order valence-electron chi connectivity index (χ3n) is 3.79. The summed E-state index contributed by atoms with van der Waals surface area (Å²) in [5.41, 5.74) is 1.85. The molecule has 3 rings (SSSR count). The first kappa shape index (κ1) is 20.0. The molecule has 0 aliphatic carbocycles. The molecule has 0 saturated carbocycles. The molecular formula is C20H20ClNO3S2. The summed E-state index contributed by atoms with van der Waals surface area (Å²) in [5.74, 6) is 1.41. The largest absolute Gasteiger partial charge is 0.428 e. The Bertz CT molecular complexity index is 1020. The van der Waals surface area contributed by atoms with Crippen LogP contribution in [0, 0.1) is 12.8 Å². The van der Waals surface area contributed by atoms with E-state index < -0.39 is 9.84 Å². The van der Waals surface area contributed by atoms with Gasteiger partial charge in [0.15, 0.2) is 0 Å². The fourth-order valence-corrected chi connectivity index (χ4v) is 4.95. The van der Waals surface area contributed by atoms with Crippen LogP contribution < -0.4 is 0 Å². The van der Waals surface area contributed by atoms with Crippen molar-refractivity contribution in [3.63, 3.8) is 0 Å². The Balaban J connectivity index is 2.08. The lowest BCUT2D eigenvalue weighted by atomic mass is 10.1. The molecule has 1 aromatic heterocycles. The summed E-state index contributed by atoms with van der Waals surface area (Å²) in [5, 5.41) is 0.740. The molecule has 2 aromatic carbocycles.